The number of ether oxygens (including phenoxy) is 2. The van der Waals surface area contributed by atoms with E-state index in [9.17, 15) is 4.79 Å². The molecule has 134 valence electrons. The molecule has 2 heterocycles. The number of aromatic nitrogens is 3. The highest BCUT2D eigenvalue weighted by atomic mass is 16.6. The smallest absolute Gasteiger partial charge is 0.344 e. The van der Waals surface area contributed by atoms with Gasteiger partial charge in [-0.25, -0.2) is 4.79 Å². The van der Waals surface area contributed by atoms with Crippen LogP contribution in [0.1, 0.15) is 5.89 Å². The molecule has 2 aromatic heterocycles. The molecule has 0 unspecified atom stereocenters. The Hall–Kier alpha value is -3.74. The summed E-state index contributed by atoms with van der Waals surface area (Å²) >= 11 is 0. The monoisotopic (exact) mass is 361 g/mol. The second-order valence-corrected chi connectivity index (χ2v) is 5.71. The minimum atomic E-state index is -0.524. The van der Waals surface area contributed by atoms with Crippen LogP contribution in [0.25, 0.3) is 22.2 Å². The van der Waals surface area contributed by atoms with E-state index in [4.69, 9.17) is 14.0 Å². The lowest BCUT2D eigenvalue weighted by atomic mass is 10.1. The number of carbonyl (C=O) groups is 1. The molecule has 0 spiro atoms. The predicted octanol–water partition coefficient (Wildman–Crippen LogP) is 3.41. The molecule has 0 saturated heterocycles. The van der Waals surface area contributed by atoms with Gasteiger partial charge >= 0.3 is 5.97 Å². The van der Waals surface area contributed by atoms with Gasteiger partial charge in [-0.3, -0.25) is 4.98 Å². The second kappa shape index (κ2) is 7.65. The Bertz CT molecular complexity index is 1060. The fourth-order valence-corrected chi connectivity index (χ4v) is 2.51. The van der Waals surface area contributed by atoms with Gasteiger partial charge in [0.2, 0.25) is 5.82 Å². The molecule has 0 N–H and O–H groups in total. The highest BCUT2D eigenvalue weighted by Crippen LogP contribution is 2.20. The largest absolute Gasteiger partial charge is 0.482 e. The molecular formula is C20H15N3O4. The summed E-state index contributed by atoms with van der Waals surface area (Å²) in [6.45, 7) is -0.324. The number of hydrogen-bond acceptors (Lipinski definition) is 7. The third-order valence-electron chi connectivity index (χ3n) is 3.82. The molecular weight excluding hydrogens is 346 g/mol. The molecule has 2 aromatic carbocycles. The fourth-order valence-electron chi connectivity index (χ4n) is 2.51. The lowest BCUT2D eigenvalue weighted by molar-refractivity contribution is -0.148. The van der Waals surface area contributed by atoms with Gasteiger partial charge in [0.25, 0.3) is 5.89 Å². The van der Waals surface area contributed by atoms with Gasteiger partial charge < -0.3 is 14.0 Å². The Labute approximate surface area is 154 Å². The maximum absolute atomic E-state index is 11.9. The number of nitrogens with zero attached hydrogens (tertiary/aromatic N) is 3. The van der Waals surface area contributed by atoms with Gasteiger partial charge in [-0.2, -0.15) is 4.98 Å². The van der Waals surface area contributed by atoms with Crippen molar-refractivity contribution in [1.29, 1.82) is 0 Å². The van der Waals surface area contributed by atoms with Crippen molar-refractivity contribution < 1.29 is 18.8 Å². The Kier molecular flexibility index (Phi) is 4.74. The van der Waals surface area contributed by atoms with Gasteiger partial charge in [0, 0.05) is 18.0 Å². The first-order chi connectivity index (χ1) is 13.3. The molecule has 4 rings (SSSR count). The molecule has 4 aromatic rings. The number of rotatable bonds is 6. The van der Waals surface area contributed by atoms with E-state index in [2.05, 4.69) is 15.1 Å². The van der Waals surface area contributed by atoms with Crippen LogP contribution in [0.3, 0.4) is 0 Å². The highest BCUT2D eigenvalue weighted by Gasteiger charge is 2.12. The van der Waals surface area contributed by atoms with E-state index in [0.29, 0.717) is 11.6 Å². The van der Waals surface area contributed by atoms with Crippen LogP contribution >= 0.6 is 0 Å². The van der Waals surface area contributed by atoms with E-state index in [0.717, 1.165) is 16.3 Å². The lowest BCUT2D eigenvalue weighted by Gasteiger charge is -2.06. The van der Waals surface area contributed by atoms with Crippen molar-refractivity contribution in [2.75, 3.05) is 6.61 Å². The summed E-state index contributed by atoms with van der Waals surface area (Å²) in [6.07, 6.45) is 3.28. The summed E-state index contributed by atoms with van der Waals surface area (Å²) < 4.78 is 15.7. The molecule has 0 radical (unpaired) electrons. The zero-order chi connectivity index (χ0) is 18.5. The van der Waals surface area contributed by atoms with E-state index in [-0.39, 0.29) is 19.1 Å². The standard InChI is InChI=1S/C20H15N3O4/c24-19(13-25-17-8-7-14-4-1-2-5-15(14)10-17)26-12-18-22-20(23-27-18)16-6-3-9-21-11-16/h1-11H,12-13H2. The fraction of sp³-hybridized carbons (Fsp3) is 0.100. The number of carbonyl (C=O) groups excluding carboxylic acids is 1. The number of pyridine rings is 1. The van der Waals surface area contributed by atoms with Gasteiger partial charge in [0.15, 0.2) is 13.2 Å². The van der Waals surface area contributed by atoms with E-state index in [1.165, 1.54) is 0 Å². The van der Waals surface area contributed by atoms with Crippen molar-refractivity contribution in [2.24, 2.45) is 0 Å². The maximum atomic E-state index is 11.9. The van der Waals surface area contributed by atoms with Crippen molar-refractivity contribution in [3.8, 4) is 17.1 Å². The minimum absolute atomic E-state index is 0.118. The molecule has 0 bridgehead atoms. The topological polar surface area (TPSA) is 87.3 Å². The van der Waals surface area contributed by atoms with E-state index in [1.807, 2.05) is 48.5 Å². The number of esters is 1. The van der Waals surface area contributed by atoms with E-state index in [1.54, 1.807) is 18.5 Å². The Balaban J connectivity index is 1.30. The van der Waals surface area contributed by atoms with Gasteiger partial charge in [-0.05, 0) is 35.0 Å². The van der Waals surface area contributed by atoms with Crippen LogP contribution in [-0.4, -0.2) is 27.7 Å². The molecule has 27 heavy (non-hydrogen) atoms. The molecule has 0 saturated carbocycles. The zero-order valence-electron chi connectivity index (χ0n) is 14.2. The molecule has 0 atom stereocenters. The third kappa shape index (κ3) is 4.09. The molecule has 7 heteroatoms. The predicted molar refractivity (Wildman–Crippen MR) is 96.8 cm³/mol. The van der Waals surface area contributed by atoms with Crippen molar-refractivity contribution >= 4 is 16.7 Å². The molecule has 0 aliphatic heterocycles. The molecule has 0 aliphatic rings. The van der Waals surface area contributed by atoms with Crippen LogP contribution in [0.15, 0.2) is 71.5 Å². The summed E-state index contributed by atoms with van der Waals surface area (Å²) in [5, 5.41) is 5.98. The molecule has 0 amide bonds. The Morgan fingerprint density at radius 1 is 1.04 bits per heavy atom. The zero-order valence-corrected chi connectivity index (χ0v) is 14.2. The van der Waals surface area contributed by atoms with Gasteiger partial charge in [0.1, 0.15) is 5.75 Å². The first-order valence-electron chi connectivity index (χ1n) is 8.28. The van der Waals surface area contributed by atoms with Crippen molar-refractivity contribution in [2.45, 2.75) is 6.61 Å². The van der Waals surface area contributed by atoms with Crippen LogP contribution in [0.2, 0.25) is 0 Å². The molecule has 0 aliphatic carbocycles. The average Bonchev–Trinajstić information content (AvgIpc) is 3.20. The Morgan fingerprint density at radius 3 is 2.78 bits per heavy atom. The first kappa shape index (κ1) is 16.7. The summed E-state index contributed by atoms with van der Waals surface area (Å²) in [5.74, 6) is 0.668. The van der Waals surface area contributed by atoms with Gasteiger partial charge in [-0.15, -0.1) is 0 Å². The highest BCUT2D eigenvalue weighted by molar-refractivity contribution is 5.83. The summed E-state index contributed by atoms with van der Waals surface area (Å²) in [6, 6.07) is 17.1. The quantitative estimate of drug-likeness (QED) is 0.486. The van der Waals surface area contributed by atoms with Crippen LogP contribution in [0.5, 0.6) is 5.75 Å². The SMILES string of the molecule is O=C(COc1ccc2ccccc2c1)OCc1nc(-c2cccnc2)no1. The minimum Gasteiger partial charge on any atom is -0.482 e. The Morgan fingerprint density at radius 2 is 1.93 bits per heavy atom. The second-order valence-electron chi connectivity index (χ2n) is 5.71. The number of hydrogen-bond donors (Lipinski definition) is 0. The van der Waals surface area contributed by atoms with Crippen LogP contribution < -0.4 is 4.74 Å². The lowest BCUT2D eigenvalue weighted by Crippen LogP contribution is -2.14. The molecule has 7 nitrogen and oxygen atoms in total. The van der Waals surface area contributed by atoms with Crippen molar-refractivity contribution in [3.63, 3.8) is 0 Å². The molecule has 0 fully saturated rings. The van der Waals surface area contributed by atoms with E-state index < -0.39 is 5.97 Å². The maximum Gasteiger partial charge on any atom is 0.344 e. The van der Waals surface area contributed by atoms with Crippen LogP contribution in [0, 0.1) is 0 Å². The van der Waals surface area contributed by atoms with Gasteiger partial charge in [0.05, 0.1) is 0 Å². The summed E-state index contributed by atoms with van der Waals surface area (Å²) in [5.41, 5.74) is 0.721. The average molecular weight is 361 g/mol. The van der Waals surface area contributed by atoms with Crippen LogP contribution in [0.4, 0.5) is 0 Å². The number of benzene rings is 2. The van der Waals surface area contributed by atoms with Crippen LogP contribution in [-0.2, 0) is 16.1 Å². The van der Waals surface area contributed by atoms with Crippen molar-refractivity contribution in [3.05, 3.63) is 72.9 Å². The third-order valence-corrected chi connectivity index (χ3v) is 3.82. The van der Waals surface area contributed by atoms with E-state index >= 15 is 0 Å². The normalized spacial score (nSPS) is 10.7. The number of fused-ring (bicyclic) bond motifs is 1. The van der Waals surface area contributed by atoms with Gasteiger partial charge in [-0.1, -0.05) is 35.5 Å². The summed E-state index contributed by atoms with van der Waals surface area (Å²) in [4.78, 5) is 20.0. The summed E-state index contributed by atoms with van der Waals surface area (Å²) in [7, 11) is 0. The van der Waals surface area contributed by atoms with Crippen molar-refractivity contribution in [1.82, 2.24) is 15.1 Å². The first-order valence-corrected chi connectivity index (χ1v) is 8.28.